The molecule has 0 unspecified atom stereocenters. The second-order valence-electron chi connectivity index (χ2n) is 1.54. The first-order valence-electron chi connectivity index (χ1n) is 2.39. The first-order chi connectivity index (χ1) is 5.11. The van der Waals surface area contributed by atoms with Crippen LogP contribution in [0.1, 0.15) is 0 Å². The summed E-state index contributed by atoms with van der Waals surface area (Å²) in [6.45, 7) is 0. The van der Waals surface area contributed by atoms with E-state index in [-0.39, 0.29) is 8.39 Å². The van der Waals surface area contributed by atoms with Gasteiger partial charge in [0.1, 0.15) is 8.39 Å². The minimum atomic E-state index is -2.33. The minimum Gasteiger partial charge on any atom is -0.183 e. The van der Waals surface area contributed by atoms with E-state index in [1.165, 1.54) is 12.2 Å². The van der Waals surface area contributed by atoms with Gasteiger partial charge in [0.2, 0.25) is 20.6 Å². The fraction of sp³-hybridized carbons (Fsp3) is 0. The van der Waals surface area contributed by atoms with Gasteiger partial charge in [0.05, 0.1) is 0 Å². The fourth-order valence-electron chi connectivity index (χ4n) is 0.482. The monoisotopic (exact) mass is 210 g/mol. The molecule has 0 fully saturated rings. The highest BCUT2D eigenvalue weighted by Crippen LogP contribution is 2.14. The molecule has 4 nitrogen and oxygen atoms in total. The van der Waals surface area contributed by atoms with Gasteiger partial charge in [-0.3, -0.25) is 0 Å². The van der Waals surface area contributed by atoms with Crippen molar-refractivity contribution in [3.63, 3.8) is 0 Å². The first kappa shape index (κ1) is 8.57. The van der Waals surface area contributed by atoms with E-state index in [9.17, 15) is 16.8 Å². The molecule has 1 aliphatic heterocycles. The molecule has 0 N–H and O–H groups in total. The van der Waals surface area contributed by atoms with Gasteiger partial charge < -0.3 is 0 Å². The Morgan fingerprint density at radius 1 is 0.909 bits per heavy atom. The third-order valence-electron chi connectivity index (χ3n) is 0.885. The molecule has 1 heterocycles. The Morgan fingerprint density at radius 2 is 1.27 bits per heavy atom. The highest BCUT2D eigenvalue weighted by Gasteiger charge is 2.11. The van der Waals surface area contributed by atoms with E-state index >= 15 is 0 Å². The van der Waals surface area contributed by atoms with Gasteiger partial charge in [-0.15, -0.1) is 0 Å². The van der Waals surface area contributed by atoms with Crippen molar-refractivity contribution in [1.29, 1.82) is 0 Å². The van der Waals surface area contributed by atoms with Gasteiger partial charge in [0, 0.05) is 0 Å². The molecule has 0 spiro atoms. The number of thioether (sulfide) groups is 1. The normalized spacial score (nSPS) is 15.6. The van der Waals surface area contributed by atoms with Crippen molar-refractivity contribution >= 4 is 40.7 Å². The molecule has 0 radical (unpaired) electrons. The molecule has 1 rings (SSSR count). The number of hydrogen-bond acceptors (Lipinski definition) is 5. The Bertz CT molecular complexity index is 401. The standard InChI is InChI=1S/C4H2O4S3/c5-10(6)3-1-2-4(9-3)11(7)8/h1-2H. The lowest BCUT2D eigenvalue weighted by atomic mass is 10.6. The van der Waals surface area contributed by atoms with Crippen LogP contribution < -0.4 is 0 Å². The summed E-state index contributed by atoms with van der Waals surface area (Å²) in [4.78, 5) is 0. The van der Waals surface area contributed by atoms with Gasteiger partial charge in [-0.1, -0.05) is 11.8 Å². The van der Waals surface area contributed by atoms with Crippen LogP contribution in [0.4, 0.5) is 0 Å². The van der Waals surface area contributed by atoms with Gasteiger partial charge >= 0.3 is 0 Å². The van der Waals surface area contributed by atoms with Crippen molar-refractivity contribution in [3.8, 4) is 0 Å². The molecule has 0 saturated carbocycles. The van der Waals surface area contributed by atoms with Crippen LogP contribution in [0.3, 0.4) is 0 Å². The lowest BCUT2D eigenvalue weighted by Crippen LogP contribution is -1.86. The smallest absolute Gasteiger partial charge is 0.183 e. The maximum absolute atomic E-state index is 10.2. The molecule has 11 heavy (non-hydrogen) atoms. The Hall–Kier alpha value is -0.530. The molecule has 0 saturated heterocycles. The Labute approximate surface area is 70.0 Å². The molecule has 0 bridgehead atoms. The zero-order valence-electron chi connectivity index (χ0n) is 5.01. The van der Waals surface area contributed by atoms with Crippen LogP contribution in [-0.4, -0.2) is 25.2 Å². The second kappa shape index (κ2) is 3.24. The summed E-state index contributed by atoms with van der Waals surface area (Å²) in [7, 11) is -4.66. The van der Waals surface area contributed by atoms with Crippen molar-refractivity contribution in [2.45, 2.75) is 0 Å². The van der Waals surface area contributed by atoms with Gasteiger partial charge in [-0.05, 0) is 12.2 Å². The van der Waals surface area contributed by atoms with E-state index in [4.69, 9.17) is 0 Å². The largest absolute Gasteiger partial charge is 0.228 e. The van der Waals surface area contributed by atoms with E-state index in [2.05, 4.69) is 0 Å². The summed E-state index contributed by atoms with van der Waals surface area (Å²) < 4.78 is 41.0. The van der Waals surface area contributed by atoms with Gasteiger partial charge in [-0.2, -0.15) is 16.8 Å². The maximum Gasteiger partial charge on any atom is 0.228 e. The molecule has 1 aliphatic rings. The van der Waals surface area contributed by atoms with E-state index in [1.807, 2.05) is 0 Å². The van der Waals surface area contributed by atoms with Crippen molar-refractivity contribution in [1.82, 2.24) is 0 Å². The number of rotatable bonds is 0. The Kier molecular flexibility index (Phi) is 2.53. The molecule has 0 aromatic carbocycles. The minimum absolute atomic E-state index is 0.0317. The highest BCUT2D eigenvalue weighted by molar-refractivity contribution is 8.38. The molecular weight excluding hydrogens is 208 g/mol. The van der Waals surface area contributed by atoms with Crippen LogP contribution in [0, 0.1) is 0 Å². The van der Waals surface area contributed by atoms with Crippen molar-refractivity contribution in [3.05, 3.63) is 12.2 Å². The average molecular weight is 210 g/mol. The molecule has 7 heteroatoms. The predicted octanol–water partition coefficient (Wildman–Crippen LogP) is -0.693. The lowest BCUT2D eigenvalue weighted by Gasteiger charge is -1.79. The molecule has 0 aromatic rings. The van der Waals surface area contributed by atoms with Crippen LogP contribution >= 0.6 is 11.8 Å². The van der Waals surface area contributed by atoms with Crippen molar-refractivity contribution < 1.29 is 16.8 Å². The predicted molar refractivity (Wildman–Crippen MR) is 44.6 cm³/mol. The summed E-state index contributed by atoms with van der Waals surface area (Å²) in [5.74, 6) is 0. The molecule has 0 amide bonds. The van der Waals surface area contributed by atoms with E-state index in [0.717, 1.165) is 11.8 Å². The molecular formula is C4H2O4S3. The number of hydrogen-bond donors (Lipinski definition) is 0. The third kappa shape index (κ3) is 1.95. The lowest BCUT2D eigenvalue weighted by molar-refractivity contribution is 0.626. The summed E-state index contributed by atoms with van der Waals surface area (Å²) in [5.41, 5.74) is 0. The summed E-state index contributed by atoms with van der Waals surface area (Å²) >= 11 is 0.724. The van der Waals surface area contributed by atoms with E-state index in [1.54, 1.807) is 0 Å². The average Bonchev–Trinajstić information content (AvgIpc) is 2.33. The Balaban J connectivity index is 3.28. The molecule has 60 valence electrons. The van der Waals surface area contributed by atoms with Gasteiger partial charge in [0.15, 0.2) is 0 Å². The van der Waals surface area contributed by atoms with Crippen molar-refractivity contribution in [2.24, 2.45) is 0 Å². The van der Waals surface area contributed by atoms with Crippen LogP contribution in [0.15, 0.2) is 12.2 Å². The van der Waals surface area contributed by atoms with Crippen LogP contribution in [-0.2, 0) is 20.6 Å². The maximum atomic E-state index is 10.2. The Morgan fingerprint density at radius 3 is 1.45 bits per heavy atom. The summed E-state index contributed by atoms with van der Waals surface area (Å²) in [6, 6.07) is 0. The van der Waals surface area contributed by atoms with Gasteiger partial charge in [0.25, 0.3) is 0 Å². The van der Waals surface area contributed by atoms with Gasteiger partial charge in [-0.25, -0.2) is 0 Å². The SMILES string of the molecule is O=S(=O)=C1C=CC(=S(=O)=O)S1. The van der Waals surface area contributed by atoms with Crippen LogP contribution in [0.2, 0.25) is 0 Å². The summed E-state index contributed by atoms with van der Waals surface area (Å²) in [6.07, 6.45) is 2.50. The fourth-order valence-corrected chi connectivity index (χ4v) is 2.55. The van der Waals surface area contributed by atoms with E-state index in [0.29, 0.717) is 0 Å². The third-order valence-corrected chi connectivity index (χ3v) is 3.81. The van der Waals surface area contributed by atoms with Crippen LogP contribution in [0.25, 0.3) is 0 Å². The second-order valence-corrected chi connectivity index (χ2v) is 4.96. The van der Waals surface area contributed by atoms with E-state index < -0.39 is 20.6 Å². The first-order valence-corrected chi connectivity index (χ1v) is 5.36. The van der Waals surface area contributed by atoms with Crippen LogP contribution in [0.5, 0.6) is 0 Å². The zero-order valence-corrected chi connectivity index (χ0v) is 7.46. The molecule has 0 atom stereocenters. The molecule has 0 aromatic heterocycles. The topological polar surface area (TPSA) is 68.3 Å². The molecule has 0 aliphatic carbocycles. The summed E-state index contributed by atoms with van der Waals surface area (Å²) in [5, 5.41) is 0. The quantitative estimate of drug-likeness (QED) is 0.495. The zero-order chi connectivity index (χ0) is 8.43. The highest BCUT2D eigenvalue weighted by atomic mass is 32.2. The van der Waals surface area contributed by atoms with Crippen molar-refractivity contribution in [2.75, 3.05) is 0 Å².